The predicted molar refractivity (Wildman–Crippen MR) is 72.4 cm³/mol. The van der Waals surface area contributed by atoms with Crippen molar-refractivity contribution in [2.75, 3.05) is 5.32 Å². The molecule has 0 unspecified atom stereocenters. The molecule has 0 bridgehead atoms. The van der Waals surface area contributed by atoms with Gasteiger partial charge in [-0.3, -0.25) is 4.79 Å². The van der Waals surface area contributed by atoms with E-state index in [0.717, 1.165) is 12.1 Å². The van der Waals surface area contributed by atoms with Crippen molar-refractivity contribution in [1.29, 1.82) is 0 Å². The highest BCUT2D eigenvalue weighted by atomic mass is 32.1. The fourth-order valence-electron chi connectivity index (χ4n) is 1.43. The topological polar surface area (TPSA) is 68.0 Å². The van der Waals surface area contributed by atoms with Gasteiger partial charge in [-0.15, -0.1) is 11.3 Å². The van der Waals surface area contributed by atoms with Crippen LogP contribution in [0.1, 0.15) is 44.2 Å². The van der Waals surface area contributed by atoms with E-state index in [4.69, 9.17) is 5.73 Å². The maximum Gasteiger partial charge on any atom is 0.226 e. The minimum absolute atomic E-state index is 0.0140. The third kappa shape index (κ3) is 4.83. The summed E-state index contributed by atoms with van der Waals surface area (Å²) in [5, 5.41) is 3.52. The number of nitrogens with one attached hydrogen (secondary N) is 1. The van der Waals surface area contributed by atoms with Crippen molar-refractivity contribution in [3.05, 3.63) is 10.6 Å². The second kappa shape index (κ2) is 5.60. The van der Waals surface area contributed by atoms with Crippen LogP contribution < -0.4 is 11.1 Å². The molecule has 0 radical (unpaired) electrons. The molecule has 1 heterocycles. The maximum absolute atomic E-state index is 11.7. The third-order valence-corrected chi connectivity index (χ3v) is 3.40. The molecule has 0 spiro atoms. The fourth-order valence-corrected chi connectivity index (χ4v) is 2.35. The monoisotopic (exact) mass is 255 g/mol. The van der Waals surface area contributed by atoms with Crippen LogP contribution in [0.5, 0.6) is 0 Å². The first kappa shape index (κ1) is 14.1. The van der Waals surface area contributed by atoms with E-state index in [1.54, 1.807) is 0 Å². The van der Waals surface area contributed by atoms with Gasteiger partial charge in [-0.25, -0.2) is 4.98 Å². The van der Waals surface area contributed by atoms with Gasteiger partial charge < -0.3 is 11.1 Å². The van der Waals surface area contributed by atoms with Gasteiger partial charge in [0.15, 0.2) is 5.13 Å². The van der Waals surface area contributed by atoms with Crippen LogP contribution in [-0.4, -0.2) is 16.4 Å². The Kier molecular flexibility index (Phi) is 4.65. The van der Waals surface area contributed by atoms with Gasteiger partial charge in [-0.1, -0.05) is 6.92 Å². The molecule has 96 valence electrons. The van der Waals surface area contributed by atoms with Crippen molar-refractivity contribution in [3.63, 3.8) is 0 Å². The van der Waals surface area contributed by atoms with Crippen molar-refractivity contribution < 1.29 is 4.79 Å². The highest BCUT2D eigenvalue weighted by molar-refractivity contribution is 7.15. The molecule has 0 atom stereocenters. The van der Waals surface area contributed by atoms with E-state index in [9.17, 15) is 4.79 Å². The first-order valence-corrected chi connectivity index (χ1v) is 6.68. The van der Waals surface area contributed by atoms with Gasteiger partial charge in [0.1, 0.15) is 0 Å². The molecule has 0 fully saturated rings. The molecule has 1 amide bonds. The Morgan fingerprint density at radius 3 is 2.65 bits per heavy atom. The summed E-state index contributed by atoms with van der Waals surface area (Å²) in [7, 11) is 0. The van der Waals surface area contributed by atoms with Gasteiger partial charge in [0.2, 0.25) is 5.91 Å². The summed E-state index contributed by atoms with van der Waals surface area (Å²) in [4.78, 5) is 17.2. The van der Waals surface area contributed by atoms with E-state index < -0.39 is 0 Å². The third-order valence-electron chi connectivity index (χ3n) is 2.47. The van der Waals surface area contributed by atoms with E-state index in [-0.39, 0.29) is 11.4 Å². The van der Waals surface area contributed by atoms with Crippen molar-refractivity contribution >= 4 is 22.4 Å². The lowest BCUT2D eigenvalue weighted by molar-refractivity contribution is -0.116. The number of nitrogens with two attached hydrogens (primary N) is 1. The highest BCUT2D eigenvalue weighted by Crippen LogP contribution is 2.22. The number of rotatable bonds is 5. The number of amides is 1. The predicted octanol–water partition coefficient (Wildman–Crippen LogP) is 2.47. The van der Waals surface area contributed by atoms with E-state index in [1.165, 1.54) is 16.2 Å². The number of hydrogen-bond donors (Lipinski definition) is 2. The summed E-state index contributed by atoms with van der Waals surface area (Å²) >= 11 is 1.53. The second-order valence-corrected chi connectivity index (χ2v) is 6.12. The quantitative estimate of drug-likeness (QED) is 0.849. The van der Waals surface area contributed by atoms with Crippen molar-refractivity contribution in [2.24, 2.45) is 5.73 Å². The van der Waals surface area contributed by atoms with Crippen LogP contribution in [0, 0.1) is 6.92 Å². The number of aryl methyl sites for hydroxylation is 2. The summed E-state index contributed by atoms with van der Waals surface area (Å²) in [6, 6.07) is 0. The smallest absolute Gasteiger partial charge is 0.226 e. The molecule has 0 aromatic carbocycles. The molecule has 5 heteroatoms. The zero-order valence-electron chi connectivity index (χ0n) is 11.0. The number of anilines is 1. The van der Waals surface area contributed by atoms with Crippen LogP contribution in [-0.2, 0) is 11.2 Å². The Balaban J connectivity index is 2.50. The molecule has 1 aromatic heterocycles. The van der Waals surface area contributed by atoms with Gasteiger partial charge in [0, 0.05) is 16.8 Å². The van der Waals surface area contributed by atoms with E-state index >= 15 is 0 Å². The largest absolute Gasteiger partial charge is 0.326 e. The first-order chi connectivity index (χ1) is 7.81. The van der Waals surface area contributed by atoms with Gasteiger partial charge >= 0.3 is 0 Å². The molecular formula is C12H21N3OS. The van der Waals surface area contributed by atoms with Gasteiger partial charge in [0.25, 0.3) is 0 Å². The Morgan fingerprint density at radius 1 is 1.53 bits per heavy atom. The van der Waals surface area contributed by atoms with Gasteiger partial charge in [-0.2, -0.15) is 0 Å². The zero-order valence-corrected chi connectivity index (χ0v) is 11.8. The average molecular weight is 255 g/mol. The number of thiazole rings is 1. The molecule has 1 aromatic rings. The van der Waals surface area contributed by atoms with E-state index in [2.05, 4.69) is 17.2 Å². The zero-order chi connectivity index (χ0) is 13.1. The SMILES string of the molecule is CCc1nc(NC(=O)CCC(C)(C)N)sc1C. The second-order valence-electron chi connectivity index (χ2n) is 4.91. The molecule has 0 aliphatic heterocycles. The maximum atomic E-state index is 11.7. The number of hydrogen-bond acceptors (Lipinski definition) is 4. The van der Waals surface area contributed by atoms with E-state index in [0.29, 0.717) is 18.0 Å². The lowest BCUT2D eigenvalue weighted by atomic mass is 10.00. The molecule has 0 saturated carbocycles. The Bertz CT molecular complexity index is 393. The summed E-state index contributed by atoms with van der Waals surface area (Å²) in [6.45, 7) is 7.92. The Labute approximate surface area is 107 Å². The molecule has 0 aliphatic carbocycles. The first-order valence-electron chi connectivity index (χ1n) is 5.87. The van der Waals surface area contributed by atoms with Crippen LogP contribution in [0.25, 0.3) is 0 Å². The molecule has 1 rings (SSSR count). The van der Waals surface area contributed by atoms with Crippen LogP contribution in [0.3, 0.4) is 0 Å². The summed E-state index contributed by atoms with van der Waals surface area (Å²) in [5.74, 6) is -0.0140. The lowest BCUT2D eigenvalue weighted by Gasteiger charge is -2.17. The van der Waals surface area contributed by atoms with Crippen LogP contribution in [0.15, 0.2) is 0 Å². The molecule has 0 aliphatic rings. The van der Waals surface area contributed by atoms with Gasteiger partial charge in [0.05, 0.1) is 5.69 Å². The lowest BCUT2D eigenvalue weighted by Crippen LogP contribution is -2.33. The van der Waals surface area contributed by atoms with Crippen LogP contribution in [0.4, 0.5) is 5.13 Å². The standard InChI is InChI=1S/C12H21N3OS/c1-5-9-8(2)17-11(14-9)15-10(16)6-7-12(3,4)13/h5-7,13H2,1-4H3,(H,14,15,16). The summed E-state index contributed by atoms with van der Waals surface area (Å²) in [5.41, 5.74) is 6.59. The molecular weight excluding hydrogens is 234 g/mol. The normalized spacial score (nSPS) is 11.6. The number of aromatic nitrogens is 1. The summed E-state index contributed by atoms with van der Waals surface area (Å²) < 4.78 is 0. The van der Waals surface area contributed by atoms with E-state index in [1.807, 2.05) is 20.8 Å². The van der Waals surface area contributed by atoms with Crippen molar-refractivity contribution in [1.82, 2.24) is 4.98 Å². The highest BCUT2D eigenvalue weighted by Gasteiger charge is 2.14. The number of carbonyl (C=O) groups excluding carboxylic acids is 1. The fraction of sp³-hybridized carbons (Fsp3) is 0.667. The molecule has 3 N–H and O–H groups in total. The minimum Gasteiger partial charge on any atom is -0.326 e. The Hall–Kier alpha value is -0.940. The molecule has 0 saturated heterocycles. The average Bonchev–Trinajstić information content (AvgIpc) is 2.55. The van der Waals surface area contributed by atoms with Crippen molar-refractivity contribution in [2.45, 2.75) is 52.5 Å². The molecule has 4 nitrogen and oxygen atoms in total. The van der Waals surface area contributed by atoms with Crippen LogP contribution in [0.2, 0.25) is 0 Å². The van der Waals surface area contributed by atoms with Gasteiger partial charge in [-0.05, 0) is 33.6 Å². The Morgan fingerprint density at radius 2 is 2.18 bits per heavy atom. The summed E-state index contributed by atoms with van der Waals surface area (Å²) in [6.07, 6.45) is 2.00. The number of nitrogens with zero attached hydrogens (tertiary/aromatic N) is 1. The van der Waals surface area contributed by atoms with Crippen molar-refractivity contribution in [3.8, 4) is 0 Å². The molecule has 17 heavy (non-hydrogen) atoms. The number of carbonyl (C=O) groups is 1. The minimum atomic E-state index is -0.301. The van der Waals surface area contributed by atoms with Crippen LogP contribution >= 0.6 is 11.3 Å².